The van der Waals surface area contributed by atoms with Gasteiger partial charge in [-0.2, -0.15) is 0 Å². The average Bonchev–Trinajstić information content (AvgIpc) is 1.12. The molecule has 0 aromatic heterocycles. The van der Waals surface area contributed by atoms with Crippen molar-refractivity contribution >= 4 is 58.5 Å². The predicted octanol–water partition coefficient (Wildman–Crippen LogP) is -3.06. The van der Waals surface area contributed by atoms with E-state index in [4.69, 9.17) is 35.0 Å². The maximum absolute atomic E-state index is 8.52. The molecule has 0 bridgehead atoms. The summed E-state index contributed by atoms with van der Waals surface area (Å²) < 4.78 is 68.2. The molecule has 0 fully saturated rings. The summed E-state index contributed by atoms with van der Waals surface area (Å²) in [5.41, 5.74) is 0. The fraction of sp³-hybridized carbons (Fsp3) is 0. The second-order valence-electron chi connectivity index (χ2n) is 0.816. The van der Waals surface area contributed by atoms with Gasteiger partial charge in [0, 0.05) is 20.8 Å². The van der Waals surface area contributed by atoms with Gasteiger partial charge in [-0.25, -0.2) is 0 Å². The van der Waals surface area contributed by atoms with Crippen LogP contribution in [0.5, 0.6) is 0 Å². The smallest absolute Gasteiger partial charge is 0.759 e. The maximum atomic E-state index is 8.52. The van der Waals surface area contributed by atoms with Crippen LogP contribution in [0.4, 0.5) is 0 Å². The fourth-order valence-corrected chi connectivity index (χ4v) is 0. The van der Waals surface area contributed by atoms with Crippen LogP contribution in [0.1, 0.15) is 0 Å². The van der Waals surface area contributed by atoms with E-state index < -0.39 is 20.8 Å². The van der Waals surface area contributed by atoms with Crippen LogP contribution >= 0.6 is 0 Å². The minimum Gasteiger partial charge on any atom is -0.759 e. The zero-order valence-corrected chi connectivity index (χ0v) is 10.5. The van der Waals surface area contributed by atoms with E-state index in [1.54, 1.807) is 0 Å². The minimum atomic E-state index is -5.17. The predicted molar refractivity (Wildman–Crippen MR) is 26.7 cm³/mol. The molecule has 0 saturated carbocycles. The topological polar surface area (TPSA) is 161 Å². The van der Waals surface area contributed by atoms with Crippen LogP contribution in [0.25, 0.3) is 0 Å². The minimum absolute atomic E-state index is 0. The Kier molecular flexibility index (Phi) is 18.0. The van der Waals surface area contributed by atoms with E-state index in [0.29, 0.717) is 0 Å². The summed E-state index contributed by atoms with van der Waals surface area (Å²) in [6.45, 7) is 0. The molecule has 0 aromatic carbocycles. The average molecular weight is 339 g/mol. The van der Waals surface area contributed by atoms with Gasteiger partial charge in [0.25, 0.3) is 0 Å². The van der Waals surface area contributed by atoms with Gasteiger partial charge in [-0.05, 0) is 0 Å². The van der Waals surface area contributed by atoms with E-state index in [1.807, 2.05) is 0 Å². The Bertz CT molecular complexity index is 213. The standard InChI is InChI=1S/Ca.2H2O4S.Pd/c;2*1-5(2,3)4;/h;2*(H2,1,2,3,4);/q+2;;;+2/p-4. The van der Waals surface area contributed by atoms with Crippen molar-refractivity contribution in [2.24, 2.45) is 0 Å². The number of rotatable bonds is 0. The molecule has 0 aliphatic rings. The Morgan fingerprint density at radius 3 is 0.667 bits per heavy atom. The normalized spacial score (nSPS) is 9.67. The Morgan fingerprint density at radius 1 is 0.667 bits per heavy atom. The SMILES string of the molecule is O=S(=O)([O-])[O-].O=S(=O)([O-])[O-].[Ca+2].[Pd+2]. The number of hydrogen-bond donors (Lipinski definition) is 0. The Balaban J connectivity index is -0.0000000457. The molecule has 0 spiro atoms. The molecule has 0 aliphatic heterocycles. The van der Waals surface area contributed by atoms with Crippen molar-refractivity contribution in [2.45, 2.75) is 0 Å². The second-order valence-corrected chi connectivity index (χ2v) is 2.45. The first-order chi connectivity index (χ1) is 4.00. The summed E-state index contributed by atoms with van der Waals surface area (Å²) in [5.74, 6) is 0. The van der Waals surface area contributed by atoms with Gasteiger partial charge >= 0.3 is 58.2 Å². The van der Waals surface area contributed by atoms with Crippen molar-refractivity contribution in [3.8, 4) is 0 Å². The zero-order valence-electron chi connectivity index (χ0n) is 5.11. The van der Waals surface area contributed by atoms with Gasteiger partial charge in [-0.15, -0.1) is 0 Å². The van der Waals surface area contributed by atoms with Crippen molar-refractivity contribution in [1.82, 2.24) is 0 Å². The molecule has 0 aromatic rings. The summed E-state index contributed by atoms with van der Waals surface area (Å²) in [7, 11) is -10.3. The molecule has 0 radical (unpaired) electrons. The summed E-state index contributed by atoms with van der Waals surface area (Å²) in [5, 5.41) is 0. The van der Waals surface area contributed by atoms with Crippen molar-refractivity contribution in [1.29, 1.82) is 0 Å². The third kappa shape index (κ3) is 480. The van der Waals surface area contributed by atoms with Crippen molar-refractivity contribution in [3.63, 3.8) is 0 Å². The Hall–Kier alpha value is 1.66. The molecule has 0 amide bonds. The Morgan fingerprint density at radius 2 is 0.667 bits per heavy atom. The van der Waals surface area contributed by atoms with Crippen LogP contribution < -0.4 is 0 Å². The third-order valence-electron chi connectivity index (χ3n) is 0. The molecule has 0 aliphatic carbocycles. The second kappa shape index (κ2) is 9.23. The number of hydrogen-bond acceptors (Lipinski definition) is 8. The van der Waals surface area contributed by atoms with E-state index in [2.05, 4.69) is 0 Å². The largest absolute Gasteiger partial charge is 2.00 e. The summed E-state index contributed by atoms with van der Waals surface area (Å²) in [6, 6.07) is 0. The van der Waals surface area contributed by atoms with Gasteiger partial charge < -0.3 is 18.2 Å². The van der Waals surface area contributed by atoms with Crippen molar-refractivity contribution in [3.05, 3.63) is 0 Å². The van der Waals surface area contributed by atoms with E-state index in [9.17, 15) is 0 Å². The molecule has 0 N–H and O–H groups in total. The zero-order chi connectivity index (χ0) is 9.00. The first kappa shape index (κ1) is 23.5. The summed E-state index contributed by atoms with van der Waals surface area (Å²) in [6.07, 6.45) is 0. The van der Waals surface area contributed by atoms with Crippen LogP contribution in [-0.2, 0) is 41.2 Å². The molecule has 0 unspecified atom stereocenters. The van der Waals surface area contributed by atoms with Gasteiger partial charge in [-0.3, -0.25) is 16.8 Å². The van der Waals surface area contributed by atoms with E-state index in [0.717, 1.165) is 0 Å². The van der Waals surface area contributed by atoms with Gasteiger partial charge in [0.1, 0.15) is 0 Å². The van der Waals surface area contributed by atoms with Crippen molar-refractivity contribution in [2.75, 3.05) is 0 Å². The summed E-state index contributed by atoms with van der Waals surface area (Å²) >= 11 is 0. The van der Waals surface area contributed by atoms with Crippen LogP contribution in [0.3, 0.4) is 0 Å². The summed E-state index contributed by atoms with van der Waals surface area (Å²) in [4.78, 5) is 0. The van der Waals surface area contributed by atoms with Gasteiger partial charge in [0.05, 0.1) is 0 Å². The third-order valence-corrected chi connectivity index (χ3v) is 0. The molecule has 0 heterocycles. The molecule has 12 heavy (non-hydrogen) atoms. The molecule has 0 saturated heterocycles. The maximum Gasteiger partial charge on any atom is 2.00 e. The first-order valence-electron chi connectivity index (χ1n) is 1.33. The Labute approximate surface area is 113 Å². The van der Waals surface area contributed by atoms with Gasteiger partial charge in [0.2, 0.25) is 0 Å². The molecular weight excluding hydrogens is 339 g/mol. The van der Waals surface area contributed by atoms with E-state index in [1.165, 1.54) is 0 Å². The molecular formula is CaO8PdS2. The van der Waals surface area contributed by atoms with E-state index in [-0.39, 0.29) is 58.2 Å². The van der Waals surface area contributed by atoms with E-state index >= 15 is 0 Å². The molecule has 8 nitrogen and oxygen atoms in total. The molecule has 0 atom stereocenters. The quantitative estimate of drug-likeness (QED) is 0.255. The molecule has 0 rings (SSSR count). The first-order valence-corrected chi connectivity index (χ1v) is 4.00. The molecule has 12 heteroatoms. The van der Waals surface area contributed by atoms with Gasteiger partial charge in [0.15, 0.2) is 0 Å². The van der Waals surface area contributed by atoms with Crippen LogP contribution in [0, 0.1) is 0 Å². The van der Waals surface area contributed by atoms with Crippen LogP contribution in [0.2, 0.25) is 0 Å². The fourth-order valence-electron chi connectivity index (χ4n) is 0. The van der Waals surface area contributed by atoms with Crippen molar-refractivity contribution < 1.29 is 55.5 Å². The molecule has 72 valence electrons. The monoisotopic (exact) mass is 338 g/mol. The van der Waals surface area contributed by atoms with Gasteiger partial charge in [-0.1, -0.05) is 0 Å². The van der Waals surface area contributed by atoms with Crippen LogP contribution in [-0.4, -0.2) is 72.8 Å². The van der Waals surface area contributed by atoms with Crippen LogP contribution in [0.15, 0.2) is 0 Å².